The molecule has 0 amide bonds. The molecule has 1 aromatic carbocycles. The lowest BCUT2D eigenvalue weighted by Crippen LogP contribution is -2.36. The van der Waals surface area contributed by atoms with E-state index in [0.717, 1.165) is 6.42 Å². The zero-order valence-electron chi connectivity index (χ0n) is 10.8. The van der Waals surface area contributed by atoms with Crippen molar-refractivity contribution in [1.82, 2.24) is 0 Å². The fourth-order valence-corrected chi connectivity index (χ4v) is 2.63. The lowest BCUT2D eigenvalue weighted by Gasteiger charge is -2.35. The van der Waals surface area contributed by atoms with Crippen LogP contribution in [0.15, 0.2) is 30.3 Å². The van der Waals surface area contributed by atoms with Crippen LogP contribution in [-0.4, -0.2) is 19.3 Å². The molecular weight excluding hydrogens is 212 g/mol. The molecular formula is C15H22O2. The maximum atomic E-state index is 6.03. The fraction of sp³-hybridized carbons (Fsp3) is 0.600. The van der Waals surface area contributed by atoms with Gasteiger partial charge < -0.3 is 9.47 Å². The molecule has 2 heteroatoms. The lowest BCUT2D eigenvalue weighted by atomic mass is 9.85. The predicted octanol–water partition coefficient (Wildman–Crippen LogP) is 3.41. The molecule has 1 aromatic rings. The van der Waals surface area contributed by atoms with Crippen LogP contribution in [0.1, 0.15) is 31.7 Å². The van der Waals surface area contributed by atoms with Crippen molar-refractivity contribution in [1.29, 1.82) is 0 Å². The van der Waals surface area contributed by atoms with Gasteiger partial charge >= 0.3 is 0 Å². The standard InChI is InChI=1S/C15H22O2/c1-12-14(16-2)9-6-10-15(12)17-11-13-7-4-3-5-8-13/h3-5,7-8,12,14-15H,6,9-11H2,1-2H3. The third-order valence-corrected chi connectivity index (χ3v) is 3.76. The maximum Gasteiger partial charge on any atom is 0.0720 e. The molecule has 0 bridgehead atoms. The molecule has 0 aliphatic heterocycles. The molecule has 1 fully saturated rings. The summed E-state index contributed by atoms with van der Waals surface area (Å²) in [7, 11) is 1.81. The fourth-order valence-electron chi connectivity index (χ4n) is 2.63. The van der Waals surface area contributed by atoms with Gasteiger partial charge in [0.1, 0.15) is 0 Å². The lowest BCUT2D eigenvalue weighted by molar-refractivity contribution is -0.0782. The highest BCUT2D eigenvalue weighted by Gasteiger charge is 2.30. The van der Waals surface area contributed by atoms with E-state index in [1.54, 1.807) is 7.11 Å². The van der Waals surface area contributed by atoms with Crippen molar-refractivity contribution in [2.45, 2.75) is 45.0 Å². The van der Waals surface area contributed by atoms with Gasteiger partial charge in [-0.3, -0.25) is 0 Å². The van der Waals surface area contributed by atoms with Gasteiger partial charge in [0.15, 0.2) is 0 Å². The van der Waals surface area contributed by atoms with Crippen molar-refractivity contribution in [3.63, 3.8) is 0 Å². The minimum atomic E-state index is 0.342. The molecule has 1 aliphatic carbocycles. The predicted molar refractivity (Wildman–Crippen MR) is 68.8 cm³/mol. The molecule has 2 nitrogen and oxygen atoms in total. The Balaban J connectivity index is 1.86. The van der Waals surface area contributed by atoms with Gasteiger partial charge in [-0.05, 0) is 24.8 Å². The van der Waals surface area contributed by atoms with E-state index >= 15 is 0 Å². The molecule has 3 unspecified atom stereocenters. The van der Waals surface area contributed by atoms with E-state index in [0.29, 0.717) is 24.7 Å². The third kappa shape index (κ3) is 3.30. The van der Waals surface area contributed by atoms with Crippen LogP contribution in [0.3, 0.4) is 0 Å². The van der Waals surface area contributed by atoms with E-state index < -0.39 is 0 Å². The van der Waals surface area contributed by atoms with E-state index in [-0.39, 0.29) is 0 Å². The summed E-state index contributed by atoms with van der Waals surface area (Å²) in [5, 5.41) is 0. The molecule has 0 radical (unpaired) electrons. The second-order valence-corrected chi connectivity index (χ2v) is 4.90. The zero-order valence-corrected chi connectivity index (χ0v) is 10.8. The number of hydrogen-bond acceptors (Lipinski definition) is 2. The summed E-state index contributed by atoms with van der Waals surface area (Å²) in [4.78, 5) is 0. The van der Waals surface area contributed by atoms with Crippen LogP contribution in [0.25, 0.3) is 0 Å². The topological polar surface area (TPSA) is 18.5 Å². The first-order valence-corrected chi connectivity index (χ1v) is 6.49. The van der Waals surface area contributed by atoms with E-state index in [4.69, 9.17) is 9.47 Å². The Kier molecular flexibility index (Phi) is 4.57. The molecule has 94 valence electrons. The summed E-state index contributed by atoms with van der Waals surface area (Å²) in [6, 6.07) is 10.4. The molecule has 17 heavy (non-hydrogen) atoms. The summed E-state index contributed by atoms with van der Waals surface area (Å²) < 4.78 is 11.5. The van der Waals surface area contributed by atoms with E-state index in [1.807, 2.05) is 6.07 Å². The van der Waals surface area contributed by atoms with Crippen LogP contribution >= 0.6 is 0 Å². The highest BCUT2D eigenvalue weighted by molar-refractivity contribution is 5.13. The van der Waals surface area contributed by atoms with Crippen LogP contribution in [0.4, 0.5) is 0 Å². The van der Waals surface area contributed by atoms with Crippen molar-refractivity contribution in [3.8, 4) is 0 Å². The Morgan fingerprint density at radius 3 is 2.53 bits per heavy atom. The Hall–Kier alpha value is -0.860. The van der Waals surface area contributed by atoms with E-state index in [9.17, 15) is 0 Å². The Labute approximate surface area is 104 Å². The number of methoxy groups -OCH3 is 1. The van der Waals surface area contributed by atoms with Crippen molar-refractivity contribution < 1.29 is 9.47 Å². The summed E-state index contributed by atoms with van der Waals surface area (Å²) in [6.45, 7) is 2.95. The second kappa shape index (κ2) is 6.18. The van der Waals surface area contributed by atoms with Crippen molar-refractivity contribution in [3.05, 3.63) is 35.9 Å². The first-order valence-electron chi connectivity index (χ1n) is 6.49. The van der Waals surface area contributed by atoms with Crippen LogP contribution in [0, 0.1) is 5.92 Å². The highest BCUT2D eigenvalue weighted by atomic mass is 16.5. The van der Waals surface area contributed by atoms with Gasteiger partial charge in [0, 0.05) is 13.0 Å². The molecule has 0 heterocycles. The molecule has 0 N–H and O–H groups in total. The van der Waals surface area contributed by atoms with Crippen molar-refractivity contribution in [2.75, 3.05) is 7.11 Å². The molecule has 0 aromatic heterocycles. The average Bonchev–Trinajstić information content (AvgIpc) is 2.39. The minimum Gasteiger partial charge on any atom is -0.381 e. The van der Waals surface area contributed by atoms with Gasteiger partial charge in [-0.25, -0.2) is 0 Å². The Morgan fingerprint density at radius 2 is 1.82 bits per heavy atom. The number of hydrogen-bond donors (Lipinski definition) is 0. The van der Waals surface area contributed by atoms with Gasteiger partial charge in [-0.1, -0.05) is 37.3 Å². The van der Waals surface area contributed by atoms with Gasteiger partial charge in [-0.15, -0.1) is 0 Å². The summed E-state index contributed by atoms with van der Waals surface area (Å²) in [5.74, 6) is 0.498. The maximum absolute atomic E-state index is 6.03. The summed E-state index contributed by atoms with van der Waals surface area (Å²) in [5.41, 5.74) is 1.25. The Morgan fingerprint density at radius 1 is 1.12 bits per heavy atom. The normalized spacial score (nSPS) is 29.2. The molecule has 3 atom stereocenters. The number of benzene rings is 1. The van der Waals surface area contributed by atoms with Crippen LogP contribution in [0.5, 0.6) is 0 Å². The average molecular weight is 234 g/mol. The van der Waals surface area contributed by atoms with Gasteiger partial charge in [0.2, 0.25) is 0 Å². The number of rotatable bonds is 4. The Bertz CT molecular complexity index is 323. The molecule has 1 aliphatic rings. The van der Waals surface area contributed by atoms with Crippen LogP contribution in [0.2, 0.25) is 0 Å². The van der Waals surface area contributed by atoms with E-state index in [2.05, 4.69) is 31.2 Å². The molecule has 0 saturated heterocycles. The molecule has 1 saturated carbocycles. The second-order valence-electron chi connectivity index (χ2n) is 4.90. The first kappa shape index (κ1) is 12.6. The molecule has 2 rings (SSSR count). The summed E-state index contributed by atoms with van der Waals surface area (Å²) in [6.07, 6.45) is 4.25. The van der Waals surface area contributed by atoms with Crippen LogP contribution < -0.4 is 0 Å². The van der Waals surface area contributed by atoms with Gasteiger partial charge in [0.25, 0.3) is 0 Å². The largest absolute Gasteiger partial charge is 0.381 e. The van der Waals surface area contributed by atoms with Gasteiger partial charge in [0.05, 0.1) is 18.8 Å². The van der Waals surface area contributed by atoms with Crippen molar-refractivity contribution >= 4 is 0 Å². The SMILES string of the molecule is COC1CCCC(OCc2ccccc2)C1C. The summed E-state index contributed by atoms with van der Waals surface area (Å²) >= 11 is 0. The monoisotopic (exact) mass is 234 g/mol. The smallest absolute Gasteiger partial charge is 0.0720 e. The third-order valence-electron chi connectivity index (χ3n) is 3.76. The quantitative estimate of drug-likeness (QED) is 0.795. The van der Waals surface area contributed by atoms with Crippen molar-refractivity contribution in [2.24, 2.45) is 5.92 Å². The first-order chi connectivity index (χ1) is 8.31. The van der Waals surface area contributed by atoms with Crippen LogP contribution in [-0.2, 0) is 16.1 Å². The van der Waals surface area contributed by atoms with E-state index in [1.165, 1.54) is 18.4 Å². The zero-order chi connectivity index (χ0) is 12.1. The van der Waals surface area contributed by atoms with Gasteiger partial charge in [-0.2, -0.15) is 0 Å². The number of ether oxygens (including phenoxy) is 2. The minimum absolute atomic E-state index is 0.342. The highest BCUT2D eigenvalue weighted by Crippen LogP contribution is 2.29. The molecule has 0 spiro atoms.